The van der Waals surface area contributed by atoms with Crippen molar-refractivity contribution in [1.82, 2.24) is 10.3 Å². The second-order valence-corrected chi connectivity index (χ2v) is 5.66. The zero-order valence-corrected chi connectivity index (χ0v) is 13.1. The standard InChI is InChI=1S/C19H19N2O3/c22-16-8-6-14(15-7-9-18(24)21-19(15)16)17(23)12-20-11-10-13-4-2-1-3-5-13/h2-9,17,20,22-23H,10-12H2,(H,21,24)/t17-/m1/s1. The Morgan fingerprint density at radius 1 is 1.12 bits per heavy atom. The largest absolute Gasteiger partial charge is 0.506 e. The van der Waals surface area contributed by atoms with Gasteiger partial charge in [-0.3, -0.25) is 4.79 Å². The molecule has 1 radical (unpaired) electrons. The van der Waals surface area contributed by atoms with Crippen molar-refractivity contribution < 1.29 is 10.2 Å². The van der Waals surface area contributed by atoms with Crippen molar-refractivity contribution in [3.8, 4) is 5.75 Å². The van der Waals surface area contributed by atoms with Crippen LogP contribution in [0.1, 0.15) is 17.2 Å². The van der Waals surface area contributed by atoms with Gasteiger partial charge in [0.25, 0.3) is 0 Å². The van der Waals surface area contributed by atoms with Crippen LogP contribution in [-0.4, -0.2) is 28.3 Å². The van der Waals surface area contributed by atoms with E-state index in [0.717, 1.165) is 13.0 Å². The fraction of sp³-hybridized carbons (Fsp3) is 0.211. The van der Waals surface area contributed by atoms with Gasteiger partial charge in [0.05, 0.1) is 11.6 Å². The summed E-state index contributed by atoms with van der Waals surface area (Å²) in [7, 11) is 0. The maximum atomic E-state index is 11.4. The van der Waals surface area contributed by atoms with E-state index in [9.17, 15) is 15.0 Å². The van der Waals surface area contributed by atoms with Gasteiger partial charge >= 0.3 is 0 Å². The number of aromatic nitrogens is 1. The molecule has 3 rings (SSSR count). The number of benzene rings is 2. The highest BCUT2D eigenvalue weighted by atomic mass is 16.3. The fourth-order valence-corrected chi connectivity index (χ4v) is 2.72. The van der Waals surface area contributed by atoms with Gasteiger partial charge in [-0.15, -0.1) is 0 Å². The normalized spacial score (nSPS) is 12.4. The van der Waals surface area contributed by atoms with Crippen molar-refractivity contribution in [1.29, 1.82) is 0 Å². The second-order valence-electron chi connectivity index (χ2n) is 5.66. The van der Waals surface area contributed by atoms with Crippen LogP contribution in [0.3, 0.4) is 0 Å². The molecule has 0 aliphatic rings. The van der Waals surface area contributed by atoms with Crippen LogP contribution in [0.5, 0.6) is 5.75 Å². The number of H-pyrrole nitrogens is 1. The number of nitrogens with one attached hydrogen (secondary N) is 2. The Morgan fingerprint density at radius 2 is 1.92 bits per heavy atom. The lowest BCUT2D eigenvalue weighted by Gasteiger charge is -2.15. The zero-order chi connectivity index (χ0) is 16.9. The summed E-state index contributed by atoms with van der Waals surface area (Å²) in [6.45, 7) is 1.13. The number of aliphatic hydroxyl groups is 1. The van der Waals surface area contributed by atoms with Crippen molar-refractivity contribution in [2.24, 2.45) is 0 Å². The summed E-state index contributed by atoms with van der Waals surface area (Å²) in [4.78, 5) is 14.0. The maximum absolute atomic E-state index is 11.4. The second kappa shape index (κ2) is 7.29. The number of hydrogen-bond acceptors (Lipinski definition) is 4. The zero-order valence-electron chi connectivity index (χ0n) is 13.1. The molecule has 2 aromatic carbocycles. The van der Waals surface area contributed by atoms with Crippen molar-refractivity contribution in [2.45, 2.75) is 12.5 Å². The third kappa shape index (κ3) is 3.64. The van der Waals surface area contributed by atoms with Crippen LogP contribution in [0.4, 0.5) is 0 Å². The molecule has 0 unspecified atom stereocenters. The summed E-state index contributed by atoms with van der Waals surface area (Å²) < 4.78 is 0. The number of aromatic hydroxyl groups is 1. The molecule has 123 valence electrons. The molecule has 0 aliphatic carbocycles. The van der Waals surface area contributed by atoms with Gasteiger partial charge in [0.1, 0.15) is 5.75 Å². The van der Waals surface area contributed by atoms with E-state index in [1.54, 1.807) is 12.1 Å². The Labute approximate surface area is 139 Å². The molecule has 0 bridgehead atoms. The summed E-state index contributed by atoms with van der Waals surface area (Å²) in [5.41, 5.74) is 1.94. The molecule has 0 amide bonds. The minimum absolute atomic E-state index is 0.00695. The van der Waals surface area contributed by atoms with Crippen LogP contribution in [0, 0.1) is 6.07 Å². The molecular weight excluding hydrogens is 304 g/mol. The van der Waals surface area contributed by atoms with Gasteiger partial charge in [-0.05, 0) is 42.3 Å². The summed E-state index contributed by atoms with van der Waals surface area (Å²) in [6.07, 6.45) is 0.133. The lowest BCUT2D eigenvalue weighted by Crippen LogP contribution is -2.24. The predicted molar refractivity (Wildman–Crippen MR) is 93.0 cm³/mol. The number of rotatable bonds is 6. The molecule has 3 aromatic rings. The van der Waals surface area contributed by atoms with E-state index in [1.165, 1.54) is 17.7 Å². The Balaban J connectivity index is 1.67. The number of pyridine rings is 1. The number of aliphatic hydroxyl groups excluding tert-OH is 1. The number of fused-ring (bicyclic) bond motifs is 1. The van der Waals surface area contributed by atoms with Gasteiger partial charge in [-0.25, -0.2) is 0 Å². The van der Waals surface area contributed by atoms with Gasteiger partial charge in [-0.1, -0.05) is 30.3 Å². The molecule has 5 nitrogen and oxygen atoms in total. The number of aromatic amines is 1. The van der Waals surface area contributed by atoms with E-state index in [-0.39, 0.29) is 11.3 Å². The fourth-order valence-electron chi connectivity index (χ4n) is 2.72. The Hall–Kier alpha value is -2.63. The SMILES string of the molecule is O=c1ccc2c([C@H](O)CNCCc3cc[c]cc3)ccc(O)c2[nH]1. The van der Waals surface area contributed by atoms with Gasteiger partial charge in [0.15, 0.2) is 0 Å². The maximum Gasteiger partial charge on any atom is 0.248 e. The first-order valence-electron chi connectivity index (χ1n) is 7.84. The van der Waals surface area contributed by atoms with Gasteiger partial charge in [-0.2, -0.15) is 0 Å². The van der Waals surface area contributed by atoms with E-state index in [2.05, 4.69) is 16.4 Å². The van der Waals surface area contributed by atoms with Crippen LogP contribution in [0.2, 0.25) is 0 Å². The van der Waals surface area contributed by atoms with E-state index < -0.39 is 6.10 Å². The summed E-state index contributed by atoms with van der Waals surface area (Å²) in [6, 6.07) is 16.9. The molecule has 1 heterocycles. The number of phenols is 1. The monoisotopic (exact) mass is 323 g/mol. The van der Waals surface area contributed by atoms with E-state index in [4.69, 9.17) is 0 Å². The molecule has 0 saturated carbocycles. The van der Waals surface area contributed by atoms with Crippen LogP contribution in [0.25, 0.3) is 10.9 Å². The first kappa shape index (κ1) is 16.2. The van der Waals surface area contributed by atoms with E-state index in [0.29, 0.717) is 23.0 Å². The molecule has 5 heteroatoms. The topological polar surface area (TPSA) is 85.3 Å². The van der Waals surface area contributed by atoms with Crippen molar-refractivity contribution in [2.75, 3.05) is 13.1 Å². The molecule has 0 saturated heterocycles. The minimum Gasteiger partial charge on any atom is -0.506 e. The minimum atomic E-state index is -0.733. The van der Waals surface area contributed by atoms with Gasteiger partial charge < -0.3 is 20.5 Å². The molecule has 1 atom stereocenters. The average Bonchev–Trinajstić information content (AvgIpc) is 2.60. The average molecular weight is 323 g/mol. The quantitative estimate of drug-likeness (QED) is 0.522. The third-order valence-electron chi connectivity index (χ3n) is 3.98. The highest BCUT2D eigenvalue weighted by Crippen LogP contribution is 2.28. The molecule has 24 heavy (non-hydrogen) atoms. The number of hydrogen-bond donors (Lipinski definition) is 4. The lowest BCUT2D eigenvalue weighted by atomic mass is 10.0. The molecule has 4 N–H and O–H groups in total. The Morgan fingerprint density at radius 3 is 2.71 bits per heavy atom. The van der Waals surface area contributed by atoms with E-state index in [1.807, 2.05) is 24.3 Å². The first-order chi connectivity index (χ1) is 11.6. The molecule has 0 fully saturated rings. The lowest BCUT2D eigenvalue weighted by molar-refractivity contribution is 0.176. The summed E-state index contributed by atoms with van der Waals surface area (Å²) in [5, 5.41) is 24.2. The Bertz CT molecular complexity index is 875. The first-order valence-corrected chi connectivity index (χ1v) is 7.84. The molecule has 1 aromatic heterocycles. The summed E-state index contributed by atoms with van der Waals surface area (Å²) in [5.74, 6) is -0.00695. The Kier molecular flexibility index (Phi) is 4.93. The number of phenolic OH excluding ortho intramolecular Hbond substituents is 1. The van der Waals surface area contributed by atoms with Crippen LogP contribution in [0.15, 0.2) is 53.3 Å². The van der Waals surface area contributed by atoms with Crippen molar-refractivity contribution in [3.63, 3.8) is 0 Å². The molecular formula is C19H19N2O3. The molecule has 0 aliphatic heterocycles. The van der Waals surface area contributed by atoms with Crippen LogP contribution >= 0.6 is 0 Å². The van der Waals surface area contributed by atoms with Gasteiger partial charge in [0, 0.05) is 18.0 Å². The van der Waals surface area contributed by atoms with E-state index >= 15 is 0 Å². The molecule has 0 spiro atoms. The van der Waals surface area contributed by atoms with Gasteiger partial charge in [0.2, 0.25) is 5.56 Å². The van der Waals surface area contributed by atoms with Crippen LogP contribution in [-0.2, 0) is 6.42 Å². The highest BCUT2D eigenvalue weighted by molar-refractivity contribution is 5.87. The smallest absolute Gasteiger partial charge is 0.248 e. The summed E-state index contributed by atoms with van der Waals surface area (Å²) >= 11 is 0. The predicted octanol–water partition coefficient (Wildman–Crippen LogP) is 1.90. The third-order valence-corrected chi connectivity index (χ3v) is 3.98. The highest BCUT2D eigenvalue weighted by Gasteiger charge is 2.13. The van der Waals surface area contributed by atoms with Crippen molar-refractivity contribution in [3.05, 3.63) is 76.1 Å². The van der Waals surface area contributed by atoms with Crippen molar-refractivity contribution >= 4 is 10.9 Å². The van der Waals surface area contributed by atoms with Crippen LogP contribution < -0.4 is 10.9 Å².